The summed E-state index contributed by atoms with van der Waals surface area (Å²) in [6, 6.07) is -0.938. The van der Waals surface area contributed by atoms with Gasteiger partial charge in [0.1, 0.15) is 13.2 Å². The topological polar surface area (TPSA) is 108 Å². The molecule has 240 valence electrons. The number of phosphoric acid groups is 1. The quantitative estimate of drug-likeness (QED) is 0.0544. The summed E-state index contributed by atoms with van der Waals surface area (Å²) in [5.74, 6) is -0.338. The van der Waals surface area contributed by atoms with Crippen LogP contribution in [0.1, 0.15) is 78.1 Å². The number of nitrogens with zero attached hydrogens (tertiary/aromatic N) is 1. The van der Waals surface area contributed by atoms with Crippen molar-refractivity contribution in [3.8, 4) is 0 Å². The molecule has 1 amide bonds. The molecule has 0 aromatic carbocycles. The van der Waals surface area contributed by atoms with E-state index in [-0.39, 0.29) is 18.9 Å². The van der Waals surface area contributed by atoms with Crippen LogP contribution in [0.5, 0.6) is 0 Å². The highest BCUT2D eigenvalue weighted by atomic mass is 31.2. The van der Waals surface area contributed by atoms with Crippen molar-refractivity contribution in [2.75, 3.05) is 40.9 Å². The molecule has 0 fully saturated rings. The summed E-state index contributed by atoms with van der Waals surface area (Å²) in [4.78, 5) is 24.8. The lowest BCUT2D eigenvalue weighted by Gasteiger charge is -2.29. The summed E-state index contributed by atoms with van der Waals surface area (Å²) >= 11 is 0. The highest BCUT2D eigenvalue weighted by molar-refractivity contribution is 7.45. The van der Waals surface area contributed by atoms with Gasteiger partial charge >= 0.3 is 0 Å². The lowest BCUT2D eigenvalue weighted by molar-refractivity contribution is -0.870. The predicted octanol–water partition coefficient (Wildman–Crippen LogP) is 6.32. The molecule has 3 unspecified atom stereocenters. The fourth-order valence-electron chi connectivity index (χ4n) is 3.45. The van der Waals surface area contributed by atoms with Gasteiger partial charge < -0.3 is 28.8 Å². The average molecular weight is 609 g/mol. The van der Waals surface area contributed by atoms with Gasteiger partial charge in [0.15, 0.2) is 0 Å². The Hall–Kier alpha value is -2.06. The maximum Gasteiger partial charge on any atom is 0.268 e. The number of amides is 1. The van der Waals surface area contributed by atoms with Crippen LogP contribution in [-0.2, 0) is 18.4 Å². The maximum absolute atomic E-state index is 12.5. The number of allylic oxidation sites excluding steroid dienone is 10. The fraction of sp³-hybridized carbons (Fsp3) is 0.606. The van der Waals surface area contributed by atoms with Crippen molar-refractivity contribution < 1.29 is 32.9 Å². The number of aliphatic hydroxyl groups is 1. The van der Waals surface area contributed by atoms with Crippen molar-refractivity contribution in [3.63, 3.8) is 0 Å². The number of carbonyl (C=O) groups is 1. The molecule has 3 atom stereocenters. The third kappa shape index (κ3) is 26.8. The van der Waals surface area contributed by atoms with Gasteiger partial charge in [-0.15, -0.1) is 0 Å². The smallest absolute Gasteiger partial charge is 0.268 e. The van der Waals surface area contributed by atoms with E-state index in [2.05, 4.69) is 61.7 Å². The third-order valence-electron chi connectivity index (χ3n) is 5.95. The molecule has 0 saturated carbocycles. The van der Waals surface area contributed by atoms with Gasteiger partial charge in [-0.1, -0.05) is 99.6 Å². The number of nitrogens with one attached hydrogen (secondary N) is 1. The van der Waals surface area contributed by atoms with E-state index in [0.29, 0.717) is 17.4 Å². The first kappa shape index (κ1) is 39.9. The van der Waals surface area contributed by atoms with E-state index in [1.54, 1.807) is 12.2 Å². The van der Waals surface area contributed by atoms with Crippen LogP contribution in [0.4, 0.5) is 0 Å². The average Bonchev–Trinajstić information content (AvgIpc) is 2.92. The molecule has 0 spiro atoms. The molecular formula is C33H57N2O6P. The zero-order valence-corrected chi connectivity index (χ0v) is 27.6. The van der Waals surface area contributed by atoms with Gasteiger partial charge in [0.2, 0.25) is 5.91 Å². The zero-order chi connectivity index (χ0) is 31.5. The van der Waals surface area contributed by atoms with Gasteiger partial charge in [-0.3, -0.25) is 9.36 Å². The summed E-state index contributed by atoms with van der Waals surface area (Å²) in [5.41, 5.74) is 0. The Morgan fingerprint density at radius 3 is 1.93 bits per heavy atom. The third-order valence-corrected chi connectivity index (χ3v) is 6.92. The Labute approximate surface area is 255 Å². The minimum absolute atomic E-state index is 0.0226. The highest BCUT2D eigenvalue weighted by Crippen LogP contribution is 2.38. The van der Waals surface area contributed by atoms with E-state index in [0.717, 1.165) is 51.4 Å². The first-order chi connectivity index (χ1) is 20.0. The second-order valence-electron chi connectivity index (χ2n) is 11.1. The lowest BCUT2D eigenvalue weighted by Crippen LogP contribution is -2.45. The van der Waals surface area contributed by atoms with Crippen LogP contribution in [0, 0.1) is 0 Å². The van der Waals surface area contributed by atoms with Gasteiger partial charge in [0, 0.05) is 6.42 Å². The molecule has 9 heteroatoms. The zero-order valence-electron chi connectivity index (χ0n) is 26.7. The van der Waals surface area contributed by atoms with Crippen LogP contribution in [0.2, 0.25) is 0 Å². The standard InChI is InChI=1S/C33H57N2O6P/c1-6-8-10-12-13-14-15-16-17-18-19-20-21-23-25-27-33(37)34-31(32(36)26-24-22-11-9-7-2)30-41-42(38,39)40-29-28-35(3,4)5/h8,10,13-14,16-17,19-20,23-26,31-32,36H,6-7,9,11-12,15,18,21-22,27-30H2,1-5H3,(H-,34,37,38,39)/b10-8-,14-13-,17-16-,20-19-,25-23-,26-24+. The summed E-state index contributed by atoms with van der Waals surface area (Å²) in [7, 11) is 1.18. The van der Waals surface area contributed by atoms with Crippen molar-refractivity contribution in [2.45, 2.75) is 90.2 Å². The van der Waals surface area contributed by atoms with Crippen LogP contribution in [0.25, 0.3) is 0 Å². The first-order valence-electron chi connectivity index (χ1n) is 15.3. The lowest BCUT2D eigenvalue weighted by atomic mass is 10.1. The van der Waals surface area contributed by atoms with Crippen molar-refractivity contribution in [3.05, 3.63) is 72.9 Å². The molecule has 0 saturated heterocycles. The largest absolute Gasteiger partial charge is 0.756 e. The highest BCUT2D eigenvalue weighted by Gasteiger charge is 2.22. The van der Waals surface area contributed by atoms with Crippen molar-refractivity contribution in [2.24, 2.45) is 0 Å². The Kier molecular flexibility index (Phi) is 24.2. The molecule has 0 bridgehead atoms. The molecule has 0 aliphatic heterocycles. The second-order valence-corrected chi connectivity index (χ2v) is 12.5. The number of phosphoric ester groups is 1. The van der Waals surface area contributed by atoms with Crippen LogP contribution in [0.15, 0.2) is 72.9 Å². The van der Waals surface area contributed by atoms with Crippen molar-refractivity contribution in [1.29, 1.82) is 0 Å². The maximum atomic E-state index is 12.5. The second kappa shape index (κ2) is 25.4. The van der Waals surface area contributed by atoms with Crippen molar-refractivity contribution in [1.82, 2.24) is 5.32 Å². The molecule has 0 aromatic heterocycles. The molecule has 0 heterocycles. The molecule has 0 aliphatic rings. The Morgan fingerprint density at radius 1 is 0.857 bits per heavy atom. The summed E-state index contributed by atoms with van der Waals surface area (Å²) in [5, 5.41) is 13.3. The van der Waals surface area contributed by atoms with Gasteiger partial charge in [-0.2, -0.15) is 0 Å². The molecule has 42 heavy (non-hydrogen) atoms. The molecule has 2 N–H and O–H groups in total. The number of carbonyl (C=O) groups excluding carboxylic acids is 1. The number of aliphatic hydroxyl groups excluding tert-OH is 1. The van der Waals surface area contributed by atoms with E-state index < -0.39 is 26.6 Å². The van der Waals surface area contributed by atoms with Gasteiger partial charge in [-0.25, -0.2) is 0 Å². The molecule has 0 rings (SSSR count). The van der Waals surface area contributed by atoms with Crippen LogP contribution in [0.3, 0.4) is 0 Å². The monoisotopic (exact) mass is 608 g/mol. The van der Waals surface area contributed by atoms with Gasteiger partial charge in [0.25, 0.3) is 7.82 Å². The van der Waals surface area contributed by atoms with E-state index in [1.807, 2.05) is 39.4 Å². The minimum atomic E-state index is -4.59. The first-order valence-corrected chi connectivity index (χ1v) is 16.8. The Bertz CT molecular complexity index is 918. The van der Waals surface area contributed by atoms with E-state index in [9.17, 15) is 19.4 Å². The Morgan fingerprint density at radius 2 is 1.40 bits per heavy atom. The number of hydrogen-bond donors (Lipinski definition) is 2. The number of rotatable bonds is 25. The minimum Gasteiger partial charge on any atom is -0.756 e. The molecular weight excluding hydrogens is 551 g/mol. The van der Waals surface area contributed by atoms with E-state index in [1.165, 1.54) is 0 Å². The van der Waals surface area contributed by atoms with Gasteiger partial charge in [0.05, 0.1) is 39.9 Å². The number of unbranched alkanes of at least 4 members (excludes halogenated alkanes) is 3. The predicted molar refractivity (Wildman–Crippen MR) is 173 cm³/mol. The molecule has 8 nitrogen and oxygen atoms in total. The summed E-state index contributed by atoms with van der Waals surface area (Å²) in [6.07, 6.45) is 31.6. The Balaban J connectivity index is 4.69. The number of quaternary nitrogens is 1. The fourth-order valence-corrected chi connectivity index (χ4v) is 4.17. The van der Waals surface area contributed by atoms with Gasteiger partial charge in [-0.05, 0) is 44.9 Å². The van der Waals surface area contributed by atoms with Crippen LogP contribution < -0.4 is 10.2 Å². The number of likely N-dealkylation sites (N-methyl/N-ethyl adjacent to an activating group) is 1. The molecule has 0 radical (unpaired) electrons. The van der Waals surface area contributed by atoms with Crippen molar-refractivity contribution >= 4 is 13.7 Å². The molecule has 0 aliphatic carbocycles. The summed E-state index contributed by atoms with van der Waals surface area (Å²) < 4.78 is 22.7. The van der Waals surface area contributed by atoms with Crippen LogP contribution in [-0.4, -0.2) is 68.5 Å². The normalized spacial score (nSPS) is 16.1. The van der Waals surface area contributed by atoms with E-state index in [4.69, 9.17) is 9.05 Å². The number of hydrogen-bond acceptors (Lipinski definition) is 6. The SMILES string of the molecule is CC/C=C\C/C=C\C/C=C\C/C=C\C/C=C\CC(=O)NC(COP(=O)([O-])OCC[N+](C)(C)C)C(O)/C=C/CCCCC. The molecule has 0 aromatic rings. The van der Waals surface area contributed by atoms with Crippen LogP contribution >= 0.6 is 7.82 Å². The summed E-state index contributed by atoms with van der Waals surface area (Å²) in [6.45, 7) is 4.27. The van der Waals surface area contributed by atoms with E-state index >= 15 is 0 Å².